The van der Waals surface area contributed by atoms with Crippen LogP contribution in [0.1, 0.15) is 21.9 Å². The molecule has 4 nitrogen and oxygen atoms in total. The number of aromatic nitrogens is 2. The summed E-state index contributed by atoms with van der Waals surface area (Å²) in [6.45, 7) is 4.84. The Kier molecular flexibility index (Phi) is 4.42. The summed E-state index contributed by atoms with van der Waals surface area (Å²) in [6, 6.07) is 12.4. The summed E-state index contributed by atoms with van der Waals surface area (Å²) in [5, 5.41) is 4.30. The molecule has 1 aliphatic heterocycles. The van der Waals surface area contributed by atoms with Gasteiger partial charge in [-0.15, -0.1) is 11.3 Å². The fourth-order valence-corrected chi connectivity index (χ4v) is 4.98. The van der Waals surface area contributed by atoms with Gasteiger partial charge in [0.25, 0.3) is 0 Å². The van der Waals surface area contributed by atoms with Crippen molar-refractivity contribution >= 4 is 28.8 Å². The highest BCUT2D eigenvalue weighted by atomic mass is 35.5. The highest BCUT2D eigenvalue weighted by Gasteiger charge is 2.31. The Labute approximate surface area is 161 Å². The minimum Gasteiger partial charge on any atom is -0.333 e. The number of halogens is 1. The number of benzene rings is 1. The molecule has 0 aliphatic carbocycles. The second-order valence-electron chi connectivity index (χ2n) is 6.33. The van der Waals surface area contributed by atoms with Gasteiger partial charge in [-0.05, 0) is 29.3 Å². The van der Waals surface area contributed by atoms with Crippen LogP contribution >= 0.6 is 22.9 Å². The van der Waals surface area contributed by atoms with Crippen LogP contribution in [0.15, 0.2) is 55.3 Å². The van der Waals surface area contributed by atoms with Crippen molar-refractivity contribution in [3.05, 3.63) is 75.6 Å². The van der Waals surface area contributed by atoms with Crippen LogP contribution in [0.3, 0.4) is 0 Å². The van der Waals surface area contributed by atoms with E-state index in [-0.39, 0.29) is 11.8 Å². The number of thiophene rings is 1. The van der Waals surface area contributed by atoms with E-state index in [1.165, 1.54) is 17.2 Å². The number of carbonyl (C=O) groups excluding carboxylic acids is 1. The van der Waals surface area contributed by atoms with Crippen LogP contribution in [-0.4, -0.2) is 27.1 Å². The van der Waals surface area contributed by atoms with Crippen LogP contribution < -0.4 is 0 Å². The summed E-state index contributed by atoms with van der Waals surface area (Å²) >= 11 is 7.86. The molecule has 1 aromatic carbocycles. The van der Waals surface area contributed by atoms with Gasteiger partial charge >= 0.3 is 0 Å². The summed E-state index contributed by atoms with van der Waals surface area (Å²) in [5.74, 6) is 0.0145. The topological polar surface area (TPSA) is 38.1 Å². The zero-order valence-electron chi connectivity index (χ0n) is 14.4. The van der Waals surface area contributed by atoms with E-state index in [9.17, 15) is 4.79 Å². The van der Waals surface area contributed by atoms with Crippen molar-refractivity contribution in [3.8, 4) is 11.3 Å². The number of aryl methyl sites for hydroxylation is 1. The Morgan fingerprint density at radius 1 is 1.35 bits per heavy atom. The number of nitrogens with zero attached hydrogens (tertiary/aromatic N) is 3. The van der Waals surface area contributed by atoms with Gasteiger partial charge in [-0.1, -0.05) is 42.4 Å². The van der Waals surface area contributed by atoms with Gasteiger partial charge in [0, 0.05) is 36.1 Å². The Balaban J connectivity index is 1.86. The van der Waals surface area contributed by atoms with Crippen molar-refractivity contribution < 1.29 is 4.79 Å². The fourth-order valence-electron chi connectivity index (χ4n) is 3.62. The van der Waals surface area contributed by atoms with Crippen molar-refractivity contribution in [1.82, 2.24) is 14.7 Å². The molecule has 132 valence electrons. The maximum atomic E-state index is 12.3. The third-order valence-corrected chi connectivity index (χ3v) is 6.11. The molecular weight excluding hydrogens is 366 g/mol. The van der Waals surface area contributed by atoms with Gasteiger partial charge in [0.2, 0.25) is 5.91 Å². The van der Waals surface area contributed by atoms with Crippen LogP contribution in [0.25, 0.3) is 11.3 Å². The molecule has 3 aromatic rings. The van der Waals surface area contributed by atoms with Gasteiger partial charge in [-0.25, -0.2) is 0 Å². The maximum absolute atomic E-state index is 12.3. The molecule has 1 aliphatic rings. The molecule has 3 heterocycles. The molecule has 26 heavy (non-hydrogen) atoms. The average Bonchev–Trinajstić information content (AvgIpc) is 3.24. The Morgan fingerprint density at radius 3 is 2.88 bits per heavy atom. The van der Waals surface area contributed by atoms with Gasteiger partial charge in [-0.2, -0.15) is 5.10 Å². The third kappa shape index (κ3) is 2.87. The Bertz CT molecular complexity index is 991. The monoisotopic (exact) mass is 383 g/mol. The molecule has 1 amide bonds. The first-order valence-electron chi connectivity index (χ1n) is 8.35. The van der Waals surface area contributed by atoms with Crippen molar-refractivity contribution in [3.63, 3.8) is 0 Å². The van der Waals surface area contributed by atoms with E-state index < -0.39 is 0 Å². The van der Waals surface area contributed by atoms with Gasteiger partial charge in [0.15, 0.2) is 0 Å². The quantitative estimate of drug-likeness (QED) is 0.626. The molecule has 0 saturated heterocycles. The van der Waals surface area contributed by atoms with Crippen molar-refractivity contribution in [1.29, 1.82) is 0 Å². The van der Waals surface area contributed by atoms with Gasteiger partial charge < -0.3 is 4.90 Å². The minimum atomic E-state index is -0.0526. The lowest BCUT2D eigenvalue weighted by atomic mass is 9.85. The lowest BCUT2D eigenvalue weighted by Gasteiger charge is -2.33. The highest BCUT2D eigenvalue weighted by Crippen LogP contribution is 2.42. The van der Waals surface area contributed by atoms with Crippen LogP contribution in [-0.2, 0) is 18.4 Å². The van der Waals surface area contributed by atoms with E-state index >= 15 is 0 Å². The molecule has 2 aromatic heterocycles. The normalized spacial score (nSPS) is 16.4. The van der Waals surface area contributed by atoms with Crippen LogP contribution in [0.5, 0.6) is 0 Å². The van der Waals surface area contributed by atoms with Gasteiger partial charge in [0.1, 0.15) is 0 Å². The molecule has 0 radical (unpaired) electrons. The largest absolute Gasteiger partial charge is 0.333 e. The van der Waals surface area contributed by atoms with Gasteiger partial charge in [0.05, 0.1) is 16.6 Å². The lowest BCUT2D eigenvalue weighted by molar-refractivity contribution is -0.127. The third-order valence-electron chi connectivity index (χ3n) is 4.84. The van der Waals surface area contributed by atoms with E-state index in [2.05, 4.69) is 23.8 Å². The first-order chi connectivity index (χ1) is 12.6. The standard InChI is InChI=1S/C20H18ClN3OS/c1-3-20(25)24-11-16(15-10-19(21)26-18(15)12-24)13-6-4-5-7-14(13)17-8-9-22-23(17)2/h3-10,16H,1,11-12H2,2H3/t16-/m1/s1. The van der Waals surface area contributed by atoms with Crippen molar-refractivity contribution in [2.45, 2.75) is 12.5 Å². The SMILES string of the molecule is C=CC(=O)N1Cc2sc(Cl)cc2[C@@H](c2ccccc2-c2ccnn2C)C1. The first kappa shape index (κ1) is 17.1. The molecule has 6 heteroatoms. The zero-order valence-corrected chi connectivity index (χ0v) is 15.9. The van der Waals surface area contributed by atoms with Crippen molar-refractivity contribution in [2.75, 3.05) is 6.54 Å². The van der Waals surface area contributed by atoms with Crippen molar-refractivity contribution in [2.24, 2.45) is 7.05 Å². The van der Waals surface area contributed by atoms with E-state index in [0.29, 0.717) is 13.1 Å². The summed E-state index contributed by atoms with van der Waals surface area (Å²) in [4.78, 5) is 15.3. The number of amides is 1. The second-order valence-corrected chi connectivity index (χ2v) is 8.10. The molecular formula is C20H18ClN3OS. The maximum Gasteiger partial charge on any atom is 0.246 e. The number of hydrogen-bond donors (Lipinski definition) is 0. The average molecular weight is 384 g/mol. The van der Waals surface area contributed by atoms with E-state index in [1.807, 2.05) is 40.9 Å². The Hall–Kier alpha value is -2.37. The first-order valence-corrected chi connectivity index (χ1v) is 9.54. The number of hydrogen-bond acceptors (Lipinski definition) is 3. The molecule has 4 rings (SSSR count). The van der Waals surface area contributed by atoms with Crippen LogP contribution in [0.4, 0.5) is 0 Å². The number of fused-ring (bicyclic) bond motifs is 1. The molecule has 0 spiro atoms. The lowest BCUT2D eigenvalue weighted by Crippen LogP contribution is -2.37. The predicted molar refractivity (Wildman–Crippen MR) is 105 cm³/mol. The van der Waals surface area contributed by atoms with Crippen LogP contribution in [0.2, 0.25) is 4.34 Å². The smallest absolute Gasteiger partial charge is 0.246 e. The second kappa shape index (κ2) is 6.74. The van der Waals surface area contributed by atoms with E-state index in [0.717, 1.165) is 20.5 Å². The molecule has 0 bridgehead atoms. The fraction of sp³-hybridized carbons (Fsp3) is 0.200. The predicted octanol–water partition coefficient (Wildman–Crippen LogP) is 4.46. The molecule has 0 saturated carbocycles. The van der Waals surface area contributed by atoms with Crippen LogP contribution in [0, 0.1) is 0 Å². The van der Waals surface area contributed by atoms with Gasteiger partial charge in [-0.3, -0.25) is 9.48 Å². The molecule has 1 atom stereocenters. The number of carbonyl (C=O) groups is 1. The van der Waals surface area contributed by atoms with E-state index in [1.54, 1.807) is 17.5 Å². The Morgan fingerprint density at radius 2 is 2.15 bits per heavy atom. The molecule has 0 N–H and O–H groups in total. The minimum absolute atomic E-state index is 0.0526. The van der Waals surface area contributed by atoms with E-state index in [4.69, 9.17) is 11.6 Å². The molecule has 0 unspecified atom stereocenters. The summed E-state index contributed by atoms with van der Waals surface area (Å²) < 4.78 is 2.63. The zero-order chi connectivity index (χ0) is 18.3. The highest BCUT2D eigenvalue weighted by molar-refractivity contribution is 7.16. The summed E-state index contributed by atoms with van der Waals surface area (Å²) in [7, 11) is 1.94. The molecule has 0 fully saturated rings. The summed E-state index contributed by atoms with van der Waals surface area (Å²) in [5.41, 5.74) is 4.56. The number of rotatable bonds is 3. The summed E-state index contributed by atoms with van der Waals surface area (Å²) in [6.07, 6.45) is 3.18.